The number of anilines is 1. The van der Waals surface area contributed by atoms with E-state index in [1.165, 1.54) is 0 Å². The third-order valence-electron chi connectivity index (χ3n) is 3.10. The van der Waals surface area contributed by atoms with Crippen molar-refractivity contribution in [2.24, 2.45) is 0 Å². The Balaban J connectivity index is 2.48. The van der Waals surface area contributed by atoms with Gasteiger partial charge in [-0.15, -0.1) is 0 Å². The Labute approximate surface area is 110 Å². The van der Waals surface area contributed by atoms with Gasteiger partial charge in [0.1, 0.15) is 5.58 Å². The molecule has 2 N–H and O–H groups in total. The summed E-state index contributed by atoms with van der Waals surface area (Å²) >= 11 is 6.19. The lowest BCUT2D eigenvalue weighted by Gasteiger charge is -1.99. The van der Waals surface area contributed by atoms with E-state index in [0.29, 0.717) is 10.9 Å². The van der Waals surface area contributed by atoms with Gasteiger partial charge in [-0.05, 0) is 18.4 Å². The Kier molecular flexibility index (Phi) is 2.53. The number of hydrogen-bond acceptors (Lipinski definition) is 2. The zero-order valence-corrected chi connectivity index (χ0v) is 10.7. The summed E-state index contributed by atoms with van der Waals surface area (Å²) in [6, 6.07) is 12.1. The van der Waals surface area contributed by atoms with Gasteiger partial charge in [0.25, 0.3) is 0 Å². The Morgan fingerprint density at radius 3 is 2.72 bits per heavy atom. The van der Waals surface area contributed by atoms with Gasteiger partial charge in [-0.25, -0.2) is 0 Å². The number of benzene rings is 2. The molecule has 2 nitrogen and oxygen atoms in total. The Hall–Kier alpha value is -1.93. The summed E-state index contributed by atoms with van der Waals surface area (Å²) in [5.41, 5.74) is 7.50. The van der Waals surface area contributed by atoms with Crippen LogP contribution in [0, 0.1) is 0 Å². The standard InChI is InChI=1S/C15H12ClNO/c1-2-12(16)13-11-8-7-9-5-3-4-6-10(9)14(11)18-15(13)17/h2-8H,17H2,1H3/b12-2+. The van der Waals surface area contributed by atoms with Gasteiger partial charge in [-0.1, -0.05) is 48.0 Å². The molecule has 0 atom stereocenters. The number of allylic oxidation sites excluding steroid dienone is 1. The number of fused-ring (bicyclic) bond motifs is 3. The molecule has 1 heterocycles. The molecule has 0 amide bonds. The molecule has 0 fully saturated rings. The summed E-state index contributed by atoms with van der Waals surface area (Å²) in [6.45, 7) is 1.88. The van der Waals surface area contributed by atoms with Crippen LogP contribution in [0.5, 0.6) is 0 Å². The third kappa shape index (κ3) is 1.50. The molecule has 0 saturated heterocycles. The number of halogens is 1. The van der Waals surface area contributed by atoms with Crippen LogP contribution in [0.4, 0.5) is 5.88 Å². The highest BCUT2D eigenvalue weighted by atomic mass is 35.5. The van der Waals surface area contributed by atoms with Crippen LogP contribution in [-0.2, 0) is 0 Å². The molecule has 18 heavy (non-hydrogen) atoms. The molecule has 3 rings (SSSR count). The van der Waals surface area contributed by atoms with Crippen LogP contribution >= 0.6 is 11.6 Å². The molecule has 0 saturated carbocycles. The molecule has 90 valence electrons. The largest absolute Gasteiger partial charge is 0.440 e. The maximum atomic E-state index is 6.19. The fourth-order valence-electron chi connectivity index (χ4n) is 2.23. The van der Waals surface area contributed by atoms with Crippen molar-refractivity contribution >= 4 is 44.3 Å². The first kappa shape index (κ1) is 11.2. The average molecular weight is 258 g/mol. The maximum absolute atomic E-state index is 6.19. The molecule has 1 aromatic heterocycles. The minimum absolute atomic E-state index is 0.365. The van der Waals surface area contributed by atoms with E-state index >= 15 is 0 Å². The summed E-state index contributed by atoms with van der Waals surface area (Å²) < 4.78 is 5.69. The van der Waals surface area contributed by atoms with Crippen LogP contribution in [0.2, 0.25) is 0 Å². The van der Waals surface area contributed by atoms with E-state index in [2.05, 4.69) is 6.07 Å². The maximum Gasteiger partial charge on any atom is 0.200 e. The summed E-state index contributed by atoms with van der Waals surface area (Å²) in [7, 11) is 0. The van der Waals surface area contributed by atoms with Gasteiger partial charge in [-0.3, -0.25) is 0 Å². The minimum Gasteiger partial charge on any atom is -0.440 e. The first-order valence-electron chi connectivity index (χ1n) is 5.74. The van der Waals surface area contributed by atoms with Gasteiger partial charge in [0.15, 0.2) is 5.88 Å². The van der Waals surface area contributed by atoms with Crippen molar-refractivity contribution in [2.45, 2.75) is 6.92 Å². The van der Waals surface area contributed by atoms with E-state index in [9.17, 15) is 0 Å². The molecule has 0 spiro atoms. The van der Waals surface area contributed by atoms with Crippen LogP contribution < -0.4 is 5.73 Å². The zero-order valence-electron chi connectivity index (χ0n) is 9.91. The second-order valence-corrected chi connectivity index (χ2v) is 4.55. The first-order chi connectivity index (χ1) is 8.72. The Bertz CT molecular complexity index is 771. The molecule has 0 aliphatic carbocycles. The van der Waals surface area contributed by atoms with Crippen molar-refractivity contribution in [3.8, 4) is 0 Å². The number of furan rings is 1. The van der Waals surface area contributed by atoms with Crippen LogP contribution in [0.3, 0.4) is 0 Å². The number of nitrogens with two attached hydrogens (primary N) is 1. The zero-order chi connectivity index (χ0) is 12.7. The van der Waals surface area contributed by atoms with Gasteiger partial charge >= 0.3 is 0 Å². The van der Waals surface area contributed by atoms with E-state index in [4.69, 9.17) is 21.8 Å². The van der Waals surface area contributed by atoms with Crippen LogP contribution in [-0.4, -0.2) is 0 Å². The number of nitrogen functional groups attached to an aromatic ring is 1. The molecule has 3 heteroatoms. The highest BCUT2D eigenvalue weighted by Gasteiger charge is 2.15. The first-order valence-corrected chi connectivity index (χ1v) is 6.12. The van der Waals surface area contributed by atoms with E-state index in [1.54, 1.807) is 0 Å². The number of hydrogen-bond donors (Lipinski definition) is 1. The summed E-state index contributed by atoms with van der Waals surface area (Å²) in [5, 5.41) is 3.74. The lowest BCUT2D eigenvalue weighted by Crippen LogP contribution is -1.85. The molecular weight excluding hydrogens is 246 g/mol. The summed E-state index contributed by atoms with van der Waals surface area (Å²) in [6.07, 6.45) is 1.82. The Morgan fingerprint density at radius 2 is 1.94 bits per heavy atom. The quantitative estimate of drug-likeness (QED) is 0.682. The molecule has 3 aromatic rings. The highest BCUT2D eigenvalue weighted by Crippen LogP contribution is 2.38. The van der Waals surface area contributed by atoms with E-state index in [-0.39, 0.29) is 0 Å². The van der Waals surface area contributed by atoms with Crippen molar-refractivity contribution in [3.05, 3.63) is 48.0 Å². The molecule has 2 aromatic carbocycles. The van der Waals surface area contributed by atoms with Crippen molar-refractivity contribution in [1.29, 1.82) is 0 Å². The fraction of sp³-hybridized carbons (Fsp3) is 0.0667. The van der Waals surface area contributed by atoms with E-state index < -0.39 is 0 Å². The smallest absolute Gasteiger partial charge is 0.200 e. The molecule has 0 aliphatic rings. The normalized spacial score (nSPS) is 12.4. The van der Waals surface area contributed by atoms with Crippen LogP contribution in [0.25, 0.3) is 26.8 Å². The fourth-order valence-corrected chi connectivity index (χ4v) is 2.43. The van der Waals surface area contributed by atoms with Gasteiger partial charge in [-0.2, -0.15) is 0 Å². The van der Waals surface area contributed by atoms with Gasteiger partial charge < -0.3 is 10.2 Å². The van der Waals surface area contributed by atoms with E-state index in [0.717, 1.165) is 27.3 Å². The van der Waals surface area contributed by atoms with Crippen molar-refractivity contribution in [3.63, 3.8) is 0 Å². The molecule has 0 bridgehead atoms. The topological polar surface area (TPSA) is 39.2 Å². The monoisotopic (exact) mass is 257 g/mol. The molecule has 0 unspecified atom stereocenters. The van der Waals surface area contributed by atoms with Crippen molar-refractivity contribution in [1.82, 2.24) is 0 Å². The molecular formula is C15H12ClNO. The summed E-state index contributed by atoms with van der Waals surface area (Å²) in [5.74, 6) is 0.365. The van der Waals surface area contributed by atoms with Crippen LogP contribution in [0.1, 0.15) is 12.5 Å². The number of rotatable bonds is 1. The van der Waals surface area contributed by atoms with Gasteiger partial charge in [0.05, 0.1) is 5.56 Å². The van der Waals surface area contributed by atoms with Gasteiger partial charge in [0, 0.05) is 15.8 Å². The second-order valence-electron chi connectivity index (χ2n) is 4.14. The average Bonchev–Trinajstić information content (AvgIpc) is 2.74. The summed E-state index contributed by atoms with van der Waals surface area (Å²) in [4.78, 5) is 0. The van der Waals surface area contributed by atoms with Crippen molar-refractivity contribution < 1.29 is 4.42 Å². The second kappa shape index (κ2) is 4.07. The lowest BCUT2D eigenvalue weighted by molar-refractivity contribution is 0.640. The molecule has 0 aliphatic heterocycles. The van der Waals surface area contributed by atoms with Crippen molar-refractivity contribution in [2.75, 3.05) is 5.73 Å². The predicted molar refractivity (Wildman–Crippen MR) is 77.6 cm³/mol. The highest BCUT2D eigenvalue weighted by molar-refractivity contribution is 6.50. The predicted octanol–water partition coefficient (Wildman–Crippen LogP) is 4.77. The minimum atomic E-state index is 0.365. The Morgan fingerprint density at radius 1 is 1.17 bits per heavy atom. The molecule has 0 radical (unpaired) electrons. The van der Waals surface area contributed by atoms with Crippen LogP contribution in [0.15, 0.2) is 46.9 Å². The van der Waals surface area contributed by atoms with Gasteiger partial charge in [0.2, 0.25) is 0 Å². The third-order valence-corrected chi connectivity index (χ3v) is 3.51. The van der Waals surface area contributed by atoms with E-state index in [1.807, 2.05) is 43.3 Å². The SMILES string of the molecule is C/C=C(/Cl)c1c(N)oc2c1ccc1ccccc12. The lowest BCUT2D eigenvalue weighted by atomic mass is 10.1.